The fourth-order valence-corrected chi connectivity index (χ4v) is 4.25. The van der Waals surface area contributed by atoms with Crippen molar-refractivity contribution in [1.29, 1.82) is 0 Å². The topological polar surface area (TPSA) is 19.7 Å². The Kier molecular flexibility index (Phi) is 14.5. The van der Waals surface area contributed by atoms with Gasteiger partial charge in [0, 0.05) is 0 Å². The summed E-state index contributed by atoms with van der Waals surface area (Å²) in [5.41, 5.74) is 0. The van der Waals surface area contributed by atoms with Gasteiger partial charge in [0.1, 0.15) is 12.4 Å². The molecule has 0 aliphatic heterocycles. The molecule has 0 aliphatic rings. The highest BCUT2D eigenvalue weighted by atomic mass is 15.1. The third kappa shape index (κ3) is 11.0. The SMILES string of the molecule is CCCCCCCCCC(CCCCCCCCC)c1[nH]cc[n+]1C(C)C. The van der Waals surface area contributed by atoms with Crippen LogP contribution >= 0.6 is 0 Å². The number of hydrogen-bond acceptors (Lipinski definition) is 0. The van der Waals surface area contributed by atoms with E-state index in [1.54, 1.807) is 0 Å². The molecule has 1 aromatic heterocycles. The van der Waals surface area contributed by atoms with Crippen molar-refractivity contribution in [3.05, 3.63) is 18.2 Å². The first kappa shape index (κ1) is 24.2. The fourth-order valence-electron chi connectivity index (χ4n) is 4.25. The molecule has 1 N–H and O–H groups in total. The van der Waals surface area contributed by atoms with Crippen LogP contribution in [0.1, 0.15) is 148 Å². The molecule has 0 fully saturated rings. The van der Waals surface area contributed by atoms with Crippen molar-refractivity contribution < 1.29 is 4.57 Å². The Bertz CT molecular complexity index is 417. The lowest BCUT2D eigenvalue weighted by Gasteiger charge is -2.15. The largest absolute Gasteiger partial charge is 0.257 e. The summed E-state index contributed by atoms with van der Waals surface area (Å²) >= 11 is 0. The van der Waals surface area contributed by atoms with Gasteiger partial charge >= 0.3 is 0 Å². The van der Waals surface area contributed by atoms with Gasteiger partial charge in [0.25, 0.3) is 5.82 Å². The lowest BCUT2D eigenvalue weighted by atomic mass is 9.93. The minimum absolute atomic E-state index is 0.553. The van der Waals surface area contributed by atoms with Gasteiger partial charge in [0.2, 0.25) is 0 Å². The number of hydrogen-bond donors (Lipinski definition) is 1. The molecule has 0 atom stereocenters. The van der Waals surface area contributed by atoms with Crippen molar-refractivity contribution in [1.82, 2.24) is 4.98 Å². The molecule has 0 saturated carbocycles. The molecule has 0 bridgehead atoms. The van der Waals surface area contributed by atoms with Gasteiger partial charge in [-0.15, -0.1) is 0 Å². The molecule has 158 valence electrons. The summed E-state index contributed by atoms with van der Waals surface area (Å²) in [7, 11) is 0. The minimum atomic E-state index is 0.553. The molecule has 1 aromatic rings. The van der Waals surface area contributed by atoms with Crippen LogP contribution in [0.25, 0.3) is 0 Å². The molecule has 0 saturated heterocycles. The van der Waals surface area contributed by atoms with Crippen molar-refractivity contribution in [3.8, 4) is 0 Å². The summed E-state index contributed by atoms with van der Waals surface area (Å²) in [6, 6.07) is 0.553. The van der Waals surface area contributed by atoms with E-state index in [2.05, 4.69) is 49.6 Å². The van der Waals surface area contributed by atoms with Gasteiger partial charge < -0.3 is 0 Å². The van der Waals surface area contributed by atoms with Crippen molar-refractivity contribution in [2.45, 2.75) is 142 Å². The van der Waals surface area contributed by atoms with Crippen molar-refractivity contribution in [3.63, 3.8) is 0 Å². The van der Waals surface area contributed by atoms with Crippen molar-refractivity contribution in [2.75, 3.05) is 0 Å². The monoisotopic (exact) mass is 377 g/mol. The molecule has 27 heavy (non-hydrogen) atoms. The van der Waals surface area contributed by atoms with Crippen LogP contribution in [-0.4, -0.2) is 4.98 Å². The van der Waals surface area contributed by atoms with Crippen molar-refractivity contribution in [2.24, 2.45) is 0 Å². The van der Waals surface area contributed by atoms with E-state index >= 15 is 0 Å². The van der Waals surface area contributed by atoms with E-state index in [1.165, 1.54) is 109 Å². The Hall–Kier alpha value is -0.790. The molecule has 0 radical (unpaired) electrons. The third-order valence-corrected chi connectivity index (χ3v) is 6.00. The van der Waals surface area contributed by atoms with Crippen LogP contribution in [-0.2, 0) is 0 Å². The number of unbranched alkanes of at least 4 members (excludes halogenated alkanes) is 12. The van der Waals surface area contributed by atoms with E-state index in [0.29, 0.717) is 12.0 Å². The average Bonchev–Trinajstić information content (AvgIpc) is 3.15. The van der Waals surface area contributed by atoms with Gasteiger partial charge in [-0.2, -0.15) is 0 Å². The summed E-state index contributed by atoms with van der Waals surface area (Å²) in [4.78, 5) is 3.59. The highest BCUT2D eigenvalue weighted by molar-refractivity contribution is 4.90. The minimum Gasteiger partial charge on any atom is -0.247 e. The van der Waals surface area contributed by atoms with Crippen molar-refractivity contribution >= 4 is 0 Å². The number of H-pyrrole nitrogens is 1. The summed E-state index contributed by atoms with van der Waals surface area (Å²) in [5, 5.41) is 0. The summed E-state index contributed by atoms with van der Waals surface area (Å²) < 4.78 is 2.47. The van der Waals surface area contributed by atoms with E-state index in [-0.39, 0.29) is 0 Å². The highest BCUT2D eigenvalue weighted by Gasteiger charge is 2.23. The van der Waals surface area contributed by atoms with Crippen LogP contribution < -0.4 is 4.57 Å². The van der Waals surface area contributed by atoms with Crippen LogP contribution in [0.2, 0.25) is 0 Å². The maximum atomic E-state index is 3.59. The molecule has 2 heteroatoms. The zero-order valence-corrected chi connectivity index (χ0v) is 19.1. The molecule has 0 aliphatic carbocycles. The van der Waals surface area contributed by atoms with E-state index in [1.807, 2.05) is 0 Å². The maximum absolute atomic E-state index is 3.59. The number of imidazole rings is 1. The van der Waals surface area contributed by atoms with Gasteiger partial charge in [-0.3, -0.25) is 0 Å². The number of aromatic amines is 1. The molecule has 0 unspecified atom stereocenters. The van der Waals surface area contributed by atoms with Crippen LogP contribution in [0.4, 0.5) is 0 Å². The Morgan fingerprint density at radius 3 is 1.59 bits per heavy atom. The predicted octanol–water partition coefficient (Wildman–Crippen LogP) is 8.25. The Morgan fingerprint density at radius 1 is 0.704 bits per heavy atom. The Morgan fingerprint density at radius 2 is 1.15 bits per heavy atom. The first-order valence-corrected chi connectivity index (χ1v) is 12.3. The summed E-state index contributed by atoms with van der Waals surface area (Å²) in [6.45, 7) is 9.20. The molecular weight excluding hydrogens is 328 g/mol. The fraction of sp³-hybridized carbons (Fsp3) is 0.880. The van der Waals surface area contributed by atoms with E-state index in [4.69, 9.17) is 0 Å². The average molecular weight is 378 g/mol. The second kappa shape index (κ2) is 16.2. The predicted molar refractivity (Wildman–Crippen MR) is 119 cm³/mol. The van der Waals surface area contributed by atoms with E-state index < -0.39 is 0 Å². The second-order valence-corrected chi connectivity index (χ2v) is 8.86. The molecule has 1 rings (SSSR count). The number of nitrogens with one attached hydrogen (secondary N) is 1. The molecular formula is C25H49N2+. The van der Waals surface area contributed by atoms with Crippen LogP contribution in [0.15, 0.2) is 12.4 Å². The second-order valence-electron chi connectivity index (χ2n) is 8.86. The molecule has 1 heterocycles. The standard InChI is InChI=1S/C25H48N2/c1-5-7-9-11-13-15-17-19-24(20-18-16-14-12-10-8-6-2)25-26-21-22-27(25)23(3)4/h21-24H,5-20H2,1-4H3/p+1. The van der Waals surface area contributed by atoms with Gasteiger partial charge in [0.15, 0.2) is 0 Å². The smallest absolute Gasteiger partial charge is 0.247 e. The zero-order valence-electron chi connectivity index (χ0n) is 19.1. The van der Waals surface area contributed by atoms with Crippen LogP contribution in [0, 0.1) is 0 Å². The number of nitrogens with zero attached hydrogens (tertiary/aromatic N) is 1. The highest BCUT2D eigenvalue weighted by Crippen LogP contribution is 2.26. The Balaban J connectivity index is 2.39. The van der Waals surface area contributed by atoms with Gasteiger partial charge in [0.05, 0.1) is 12.0 Å². The lowest BCUT2D eigenvalue weighted by Crippen LogP contribution is -2.39. The maximum Gasteiger partial charge on any atom is 0.257 e. The lowest BCUT2D eigenvalue weighted by molar-refractivity contribution is -0.723. The number of aromatic nitrogens is 2. The first-order chi connectivity index (χ1) is 13.2. The Labute approximate surface area is 170 Å². The summed E-state index contributed by atoms with van der Waals surface area (Å²) in [6.07, 6.45) is 26.8. The van der Waals surface area contributed by atoms with Crippen LogP contribution in [0.3, 0.4) is 0 Å². The third-order valence-electron chi connectivity index (χ3n) is 6.00. The van der Waals surface area contributed by atoms with Crippen LogP contribution in [0.5, 0.6) is 0 Å². The van der Waals surface area contributed by atoms with E-state index in [0.717, 1.165) is 0 Å². The number of rotatable bonds is 18. The van der Waals surface area contributed by atoms with Gasteiger partial charge in [-0.05, 0) is 26.7 Å². The zero-order chi connectivity index (χ0) is 19.7. The molecule has 0 amide bonds. The molecule has 0 spiro atoms. The van der Waals surface area contributed by atoms with Gasteiger partial charge in [-0.25, -0.2) is 9.55 Å². The van der Waals surface area contributed by atoms with Gasteiger partial charge in [-0.1, -0.05) is 104 Å². The molecule has 0 aromatic carbocycles. The first-order valence-electron chi connectivity index (χ1n) is 12.3. The van der Waals surface area contributed by atoms with E-state index in [9.17, 15) is 0 Å². The summed E-state index contributed by atoms with van der Waals surface area (Å²) in [5.74, 6) is 2.19. The normalized spacial score (nSPS) is 11.8. The molecule has 2 nitrogen and oxygen atoms in total. The quantitative estimate of drug-likeness (QED) is 0.196.